The highest BCUT2D eigenvalue weighted by atomic mass is 16.5. The van der Waals surface area contributed by atoms with Gasteiger partial charge in [-0.3, -0.25) is 0 Å². The first-order valence-corrected chi connectivity index (χ1v) is 8.52. The Bertz CT molecular complexity index is 376. The van der Waals surface area contributed by atoms with Gasteiger partial charge in [-0.2, -0.15) is 0 Å². The number of methoxy groups -OCH3 is 1. The van der Waals surface area contributed by atoms with Crippen LogP contribution in [0.5, 0.6) is 5.75 Å². The van der Waals surface area contributed by atoms with Crippen molar-refractivity contribution in [1.82, 2.24) is 5.32 Å². The smallest absolute Gasteiger partial charge is 0.122 e. The van der Waals surface area contributed by atoms with Crippen molar-refractivity contribution < 1.29 is 4.74 Å². The minimum absolute atomic E-state index is 0.556. The fourth-order valence-corrected chi connectivity index (χ4v) is 2.72. The average Bonchev–Trinajstić information content (AvgIpc) is 2.49. The summed E-state index contributed by atoms with van der Waals surface area (Å²) in [6.07, 6.45) is 7.78. The third kappa shape index (κ3) is 7.52. The highest BCUT2D eigenvalue weighted by molar-refractivity contribution is 5.33. The normalized spacial score (nSPS) is 12.6. The molecule has 0 aliphatic heterocycles. The van der Waals surface area contributed by atoms with Gasteiger partial charge in [0.25, 0.3) is 0 Å². The molecule has 2 nitrogen and oxygen atoms in total. The Hall–Kier alpha value is -1.02. The molecule has 0 spiro atoms. The van der Waals surface area contributed by atoms with Gasteiger partial charge in [0.2, 0.25) is 0 Å². The molecule has 1 rings (SSSR count). The molecule has 120 valence electrons. The van der Waals surface area contributed by atoms with E-state index in [9.17, 15) is 0 Å². The second-order valence-corrected chi connectivity index (χ2v) is 6.29. The Morgan fingerprint density at radius 3 is 2.52 bits per heavy atom. The van der Waals surface area contributed by atoms with E-state index in [1.54, 1.807) is 7.11 Å². The minimum Gasteiger partial charge on any atom is -0.496 e. The summed E-state index contributed by atoms with van der Waals surface area (Å²) in [4.78, 5) is 0. The van der Waals surface area contributed by atoms with Crippen LogP contribution in [0, 0.1) is 5.92 Å². The molecule has 0 radical (unpaired) electrons. The summed E-state index contributed by atoms with van der Waals surface area (Å²) in [6, 6.07) is 8.99. The molecule has 0 aliphatic rings. The first-order valence-electron chi connectivity index (χ1n) is 8.52. The summed E-state index contributed by atoms with van der Waals surface area (Å²) in [7, 11) is 1.77. The van der Waals surface area contributed by atoms with Gasteiger partial charge in [0, 0.05) is 6.04 Å². The van der Waals surface area contributed by atoms with E-state index in [0.29, 0.717) is 12.0 Å². The summed E-state index contributed by atoms with van der Waals surface area (Å²) < 4.78 is 5.49. The number of unbranched alkanes of at least 4 members (excludes halogenated alkanes) is 3. The van der Waals surface area contributed by atoms with E-state index < -0.39 is 0 Å². The number of hydrogen-bond acceptors (Lipinski definition) is 2. The van der Waals surface area contributed by atoms with E-state index >= 15 is 0 Å². The van der Waals surface area contributed by atoms with Crippen molar-refractivity contribution in [2.75, 3.05) is 13.7 Å². The number of ether oxygens (including phenoxy) is 1. The molecule has 0 bridgehead atoms. The molecule has 0 aliphatic carbocycles. The number of para-hydroxylation sites is 1. The van der Waals surface area contributed by atoms with Gasteiger partial charge in [0.1, 0.15) is 5.75 Å². The third-order valence-electron chi connectivity index (χ3n) is 3.98. The van der Waals surface area contributed by atoms with Crippen molar-refractivity contribution in [2.24, 2.45) is 5.92 Å². The molecule has 0 fully saturated rings. The standard InChI is InChI=1S/C19H33NO/c1-5-6-7-8-11-17(15-20-16(2)3)14-18-12-9-10-13-19(18)21-4/h9-10,12-13,16-17,20H,5-8,11,14-15H2,1-4H3. The van der Waals surface area contributed by atoms with Gasteiger partial charge in [-0.25, -0.2) is 0 Å². The zero-order valence-corrected chi connectivity index (χ0v) is 14.3. The lowest BCUT2D eigenvalue weighted by molar-refractivity contribution is 0.383. The van der Waals surface area contributed by atoms with Crippen molar-refractivity contribution in [3.63, 3.8) is 0 Å². The maximum absolute atomic E-state index is 5.49. The summed E-state index contributed by atoms with van der Waals surface area (Å²) in [5.41, 5.74) is 1.34. The highest BCUT2D eigenvalue weighted by Gasteiger charge is 2.13. The fraction of sp³-hybridized carbons (Fsp3) is 0.684. The van der Waals surface area contributed by atoms with E-state index in [4.69, 9.17) is 4.74 Å². The first kappa shape index (κ1) is 18.0. The van der Waals surface area contributed by atoms with Crippen molar-refractivity contribution in [3.05, 3.63) is 29.8 Å². The molecule has 2 heteroatoms. The quantitative estimate of drug-likeness (QED) is 0.590. The molecule has 1 atom stereocenters. The Morgan fingerprint density at radius 2 is 1.86 bits per heavy atom. The second kappa shape index (κ2) is 10.7. The van der Waals surface area contributed by atoms with Crippen LogP contribution in [0.15, 0.2) is 24.3 Å². The molecule has 21 heavy (non-hydrogen) atoms. The van der Waals surface area contributed by atoms with E-state index in [1.807, 2.05) is 6.07 Å². The number of rotatable bonds is 11. The zero-order chi connectivity index (χ0) is 15.5. The SMILES string of the molecule is CCCCCCC(CNC(C)C)Cc1ccccc1OC. The summed E-state index contributed by atoms with van der Waals surface area (Å²) in [5.74, 6) is 1.72. The number of nitrogens with one attached hydrogen (secondary N) is 1. The van der Waals surface area contributed by atoms with Crippen LogP contribution < -0.4 is 10.1 Å². The maximum Gasteiger partial charge on any atom is 0.122 e. The fourth-order valence-electron chi connectivity index (χ4n) is 2.72. The van der Waals surface area contributed by atoms with E-state index in [-0.39, 0.29) is 0 Å². The molecule has 1 aromatic rings. The van der Waals surface area contributed by atoms with Crippen molar-refractivity contribution in [3.8, 4) is 5.75 Å². The van der Waals surface area contributed by atoms with E-state index in [2.05, 4.69) is 44.3 Å². The molecule has 0 saturated heterocycles. The monoisotopic (exact) mass is 291 g/mol. The number of hydrogen-bond donors (Lipinski definition) is 1. The Kier molecular flexibility index (Phi) is 9.16. The lowest BCUT2D eigenvalue weighted by atomic mass is 9.92. The molecule has 1 aromatic carbocycles. The number of benzene rings is 1. The van der Waals surface area contributed by atoms with Gasteiger partial charge in [-0.1, -0.05) is 64.7 Å². The summed E-state index contributed by atoms with van der Waals surface area (Å²) in [5, 5.41) is 3.60. The lowest BCUT2D eigenvalue weighted by Crippen LogP contribution is -2.30. The van der Waals surface area contributed by atoms with E-state index in [1.165, 1.54) is 37.7 Å². The van der Waals surface area contributed by atoms with E-state index in [0.717, 1.165) is 18.7 Å². The highest BCUT2D eigenvalue weighted by Crippen LogP contribution is 2.23. The van der Waals surface area contributed by atoms with Crippen molar-refractivity contribution in [1.29, 1.82) is 0 Å². The molecule has 1 N–H and O–H groups in total. The van der Waals surface area contributed by atoms with Crippen LogP contribution in [0.1, 0.15) is 58.4 Å². The predicted octanol–water partition coefficient (Wildman–Crippen LogP) is 4.82. The van der Waals surface area contributed by atoms with Crippen LogP contribution in [0.4, 0.5) is 0 Å². The average molecular weight is 291 g/mol. The molecular formula is C19H33NO. The Labute approximate surface area is 131 Å². The van der Waals surface area contributed by atoms with Gasteiger partial charge in [0.15, 0.2) is 0 Å². The van der Waals surface area contributed by atoms with Crippen LogP contribution in [0.25, 0.3) is 0 Å². The zero-order valence-electron chi connectivity index (χ0n) is 14.3. The van der Waals surface area contributed by atoms with Gasteiger partial charge < -0.3 is 10.1 Å². The van der Waals surface area contributed by atoms with Gasteiger partial charge in [-0.05, 0) is 36.9 Å². The lowest BCUT2D eigenvalue weighted by Gasteiger charge is -2.20. The topological polar surface area (TPSA) is 21.3 Å². The van der Waals surface area contributed by atoms with Crippen molar-refractivity contribution >= 4 is 0 Å². The minimum atomic E-state index is 0.556. The van der Waals surface area contributed by atoms with Gasteiger partial charge in [0.05, 0.1) is 7.11 Å². The third-order valence-corrected chi connectivity index (χ3v) is 3.98. The van der Waals surface area contributed by atoms with Crippen LogP contribution in [0.3, 0.4) is 0 Å². The van der Waals surface area contributed by atoms with Gasteiger partial charge in [-0.15, -0.1) is 0 Å². The molecular weight excluding hydrogens is 258 g/mol. The van der Waals surface area contributed by atoms with Crippen LogP contribution in [0.2, 0.25) is 0 Å². The molecule has 0 amide bonds. The Morgan fingerprint density at radius 1 is 1.10 bits per heavy atom. The largest absolute Gasteiger partial charge is 0.496 e. The maximum atomic E-state index is 5.49. The molecule has 0 heterocycles. The molecule has 0 saturated carbocycles. The summed E-state index contributed by atoms with van der Waals surface area (Å²) >= 11 is 0. The summed E-state index contributed by atoms with van der Waals surface area (Å²) in [6.45, 7) is 7.81. The predicted molar refractivity (Wildman–Crippen MR) is 92.1 cm³/mol. The van der Waals surface area contributed by atoms with Crippen LogP contribution in [-0.4, -0.2) is 19.7 Å². The second-order valence-electron chi connectivity index (χ2n) is 6.29. The van der Waals surface area contributed by atoms with Crippen LogP contribution in [-0.2, 0) is 6.42 Å². The van der Waals surface area contributed by atoms with Gasteiger partial charge >= 0.3 is 0 Å². The van der Waals surface area contributed by atoms with Crippen molar-refractivity contribution in [2.45, 2.75) is 65.3 Å². The molecule has 1 unspecified atom stereocenters. The van der Waals surface area contributed by atoms with Crippen LogP contribution >= 0.6 is 0 Å². The first-order chi connectivity index (χ1) is 10.2. The Balaban J connectivity index is 2.57. The molecule has 0 aromatic heterocycles.